The molecule has 2 heterocycles. The van der Waals surface area contributed by atoms with E-state index in [0.717, 1.165) is 49.0 Å². The third-order valence-electron chi connectivity index (χ3n) is 5.09. The maximum absolute atomic E-state index is 12.7. The summed E-state index contributed by atoms with van der Waals surface area (Å²) in [4.78, 5) is 25.9. The smallest absolute Gasteiger partial charge is 0.251 e. The Balaban J connectivity index is 1.79. The second-order valence-electron chi connectivity index (χ2n) is 8.56. The van der Waals surface area contributed by atoms with Crippen LogP contribution in [0.5, 0.6) is 0 Å². The zero-order valence-corrected chi connectivity index (χ0v) is 18.5. The number of carbonyl (C=O) groups excluding carboxylic acids is 2. The first-order valence-electron chi connectivity index (χ1n) is 10.2. The Labute approximate surface area is 176 Å². The molecule has 2 aromatic rings. The van der Waals surface area contributed by atoms with Crippen LogP contribution in [0.1, 0.15) is 72.6 Å². The fraction of sp³-hybridized carbons (Fsp3) is 0.571. The lowest BCUT2D eigenvalue weighted by molar-refractivity contribution is -0.116. The van der Waals surface area contributed by atoms with Gasteiger partial charge in [0.05, 0.1) is 11.3 Å². The van der Waals surface area contributed by atoms with Crippen LogP contribution >= 0.6 is 11.3 Å². The van der Waals surface area contributed by atoms with Crippen LogP contribution in [0.25, 0.3) is 0 Å². The van der Waals surface area contributed by atoms with Crippen molar-refractivity contribution in [3.8, 4) is 0 Å². The SMILES string of the molecule is CCNCc1cn(CC(=O)Nc2sc3c(c2C(N)=O)CCCC3)nc1C(C)(C)C. The van der Waals surface area contributed by atoms with Crippen LogP contribution in [0.3, 0.4) is 0 Å². The molecule has 8 heteroatoms. The minimum absolute atomic E-state index is 0.0932. The highest BCUT2D eigenvalue weighted by atomic mass is 32.1. The number of hydrogen-bond donors (Lipinski definition) is 3. The highest BCUT2D eigenvalue weighted by Gasteiger charge is 2.26. The van der Waals surface area contributed by atoms with E-state index in [2.05, 4.69) is 43.4 Å². The molecule has 29 heavy (non-hydrogen) atoms. The van der Waals surface area contributed by atoms with E-state index in [-0.39, 0.29) is 17.9 Å². The Morgan fingerprint density at radius 3 is 2.66 bits per heavy atom. The summed E-state index contributed by atoms with van der Waals surface area (Å²) in [5.41, 5.74) is 9.09. The molecule has 0 radical (unpaired) electrons. The molecule has 2 amide bonds. The van der Waals surface area contributed by atoms with Crippen LogP contribution in [0.15, 0.2) is 6.20 Å². The number of nitrogens with one attached hydrogen (secondary N) is 2. The van der Waals surface area contributed by atoms with E-state index in [1.807, 2.05) is 6.20 Å². The van der Waals surface area contributed by atoms with Gasteiger partial charge in [0.2, 0.25) is 5.91 Å². The molecule has 1 aliphatic carbocycles. The lowest BCUT2D eigenvalue weighted by Crippen LogP contribution is -2.22. The molecule has 0 aliphatic heterocycles. The highest BCUT2D eigenvalue weighted by Crippen LogP contribution is 2.37. The third kappa shape index (κ3) is 4.87. The van der Waals surface area contributed by atoms with E-state index in [9.17, 15) is 9.59 Å². The van der Waals surface area contributed by atoms with Crippen molar-refractivity contribution in [3.05, 3.63) is 33.5 Å². The normalized spacial score (nSPS) is 13.9. The molecule has 3 rings (SSSR count). The number of anilines is 1. The van der Waals surface area contributed by atoms with E-state index in [1.165, 1.54) is 16.2 Å². The minimum atomic E-state index is -0.471. The van der Waals surface area contributed by atoms with E-state index in [4.69, 9.17) is 5.73 Å². The molecule has 7 nitrogen and oxygen atoms in total. The highest BCUT2D eigenvalue weighted by molar-refractivity contribution is 7.17. The second kappa shape index (κ2) is 8.67. The van der Waals surface area contributed by atoms with Crippen LogP contribution < -0.4 is 16.4 Å². The molecule has 0 bridgehead atoms. The van der Waals surface area contributed by atoms with Crippen molar-refractivity contribution in [3.63, 3.8) is 0 Å². The number of fused-ring (bicyclic) bond motifs is 1. The van der Waals surface area contributed by atoms with Gasteiger partial charge in [-0.1, -0.05) is 27.7 Å². The predicted molar refractivity (Wildman–Crippen MR) is 116 cm³/mol. The zero-order chi connectivity index (χ0) is 21.2. The van der Waals surface area contributed by atoms with Crippen LogP contribution in [0, 0.1) is 0 Å². The summed E-state index contributed by atoms with van der Waals surface area (Å²) in [7, 11) is 0. The third-order valence-corrected chi connectivity index (χ3v) is 6.30. The molecule has 2 aromatic heterocycles. The number of primary amides is 1. The van der Waals surface area contributed by atoms with E-state index >= 15 is 0 Å². The van der Waals surface area contributed by atoms with Gasteiger partial charge in [-0.2, -0.15) is 5.10 Å². The van der Waals surface area contributed by atoms with Crippen molar-refractivity contribution in [1.82, 2.24) is 15.1 Å². The van der Waals surface area contributed by atoms with Crippen LogP contribution in [-0.4, -0.2) is 28.1 Å². The zero-order valence-electron chi connectivity index (χ0n) is 17.7. The summed E-state index contributed by atoms with van der Waals surface area (Å²) in [6.07, 6.45) is 5.88. The molecule has 0 spiro atoms. The average molecular weight is 418 g/mol. The Morgan fingerprint density at radius 1 is 1.28 bits per heavy atom. The molecular weight excluding hydrogens is 386 g/mol. The quantitative estimate of drug-likeness (QED) is 0.644. The van der Waals surface area contributed by atoms with Gasteiger partial charge in [-0.05, 0) is 37.8 Å². The topological polar surface area (TPSA) is 102 Å². The maximum atomic E-state index is 12.7. The standard InChI is InChI=1S/C21H31N5O2S/c1-5-23-10-13-11-26(25-18(13)21(2,3)4)12-16(27)24-20-17(19(22)28)14-8-6-7-9-15(14)29-20/h11,23H,5-10,12H2,1-4H3,(H2,22,28)(H,24,27). The summed E-state index contributed by atoms with van der Waals surface area (Å²) in [6, 6.07) is 0. The summed E-state index contributed by atoms with van der Waals surface area (Å²) < 4.78 is 1.68. The minimum Gasteiger partial charge on any atom is -0.365 e. The van der Waals surface area contributed by atoms with Crippen molar-refractivity contribution < 1.29 is 9.59 Å². The Kier molecular flexibility index (Phi) is 6.43. The lowest BCUT2D eigenvalue weighted by atomic mass is 9.89. The number of amides is 2. The number of thiophene rings is 1. The first-order valence-corrected chi connectivity index (χ1v) is 11.0. The molecule has 0 unspecified atom stereocenters. The predicted octanol–water partition coefficient (Wildman–Crippen LogP) is 2.97. The van der Waals surface area contributed by atoms with Crippen molar-refractivity contribution >= 4 is 28.2 Å². The maximum Gasteiger partial charge on any atom is 0.251 e. The van der Waals surface area contributed by atoms with Crippen molar-refractivity contribution in [2.45, 2.75) is 71.9 Å². The second-order valence-corrected chi connectivity index (χ2v) is 9.66. The number of nitrogens with zero attached hydrogens (tertiary/aromatic N) is 2. The Hall–Kier alpha value is -2.19. The molecule has 158 valence electrons. The van der Waals surface area contributed by atoms with Gasteiger partial charge in [0.15, 0.2) is 0 Å². The number of carbonyl (C=O) groups is 2. The van der Waals surface area contributed by atoms with Gasteiger partial charge in [0.1, 0.15) is 11.5 Å². The number of aryl methyl sites for hydroxylation is 1. The van der Waals surface area contributed by atoms with Crippen LogP contribution in [0.2, 0.25) is 0 Å². The van der Waals surface area contributed by atoms with Crippen LogP contribution in [0.4, 0.5) is 5.00 Å². The van der Waals surface area contributed by atoms with E-state index in [1.54, 1.807) is 4.68 Å². The summed E-state index contributed by atoms with van der Waals surface area (Å²) in [6.45, 7) is 10.1. The Morgan fingerprint density at radius 2 is 2.00 bits per heavy atom. The molecule has 0 fully saturated rings. The molecule has 0 saturated carbocycles. The van der Waals surface area contributed by atoms with Crippen molar-refractivity contribution in [1.29, 1.82) is 0 Å². The summed E-state index contributed by atoms with van der Waals surface area (Å²) in [5.74, 6) is -0.675. The number of hydrogen-bond acceptors (Lipinski definition) is 5. The number of nitrogens with two attached hydrogens (primary N) is 1. The number of aromatic nitrogens is 2. The molecule has 4 N–H and O–H groups in total. The lowest BCUT2D eigenvalue weighted by Gasteiger charge is -2.17. The first-order chi connectivity index (χ1) is 13.7. The van der Waals surface area contributed by atoms with E-state index < -0.39 is 5.91 Å². The van der Waals surface area contributed by atoms with Crippen molar-refractivity contribution in [2.75, 3.05) is 11.9 Å². The van der Waals surface area contributed by atoms with Gasteiger partial charge in [-0.25, -0.2) is 0 Å². The molecular formula is C21H31N5O2S. The van der Waals surface area contributed by atoms with Gasteiger partial charge in [0.25, 0.3) is 5.91 Å². The van der Waals surface area contributed by atoms with E-state index in [0.29, 0.717) is 17.1 Å². The molecule has 0 aromatic carbocycles. The van der Waals surface area contributed by atoms with Crippen molar-refractivity contribution in [2.24, 2.45) is 5.73 Å². The largest absolute Gasteiger partial charge is 0.365 e. The van der Waals surface area contributed by atoms with Gasteiger partial charge in [-0.15, -0.1) is 11.3 Å². The van der Waals surface area contributed by atoms with Gasteiger partial charge in [0, 0.05) is 28.6 Å². The van der Waals surface area contributed by atoms with Gasteiger partial charge in [-0.3, -0.25) is 14.3 Å². The van der Waals surface area contributed by atoms with Gasteiger partial charge >= 0.3 is 0 Å². The number of rotatable bonds is 7. The molecule has 0 saturated heterocycles. The van der Waals surface area contributed by atoms with Crippen LogP contribution in [-0.2, 0) is 36.1 Å². The Bertz CT molecular complexity index is 907. The average Bonchev–Trinajstić information content (AvgIpc) is 3.20. The monoisotopic (exact) mass is 417 g/mol. The fourth-order valence-electron chi connectivity index (χ4n) is 3.79. The summed E-state index contributed by atoms with van der Waals surface area (Å²) in [5, 5.41) is 11.5. The van der Waals surface area contributed by atoms with Gasteiger partial charge < -0.3 is 16.4 Å². The molecule has 0 atom stereocenters. The summed E-state index contributed by atoms with van der Waals surface area (Å²) >= 11 is 1.48. The first kappa shape index (κ1) is 21.5. The molecule has 1 aliphatic rings. The fourth-order valence-corrected chi connectivity index (χ4v) is 5.10.